The smallest absolute Gasteiger partial charge is 0.272 e. The lowest BCUT2D eigenvalue weighted by atomic mass is 9.84. The van der Waals surface area contributed by atoms with E-state index in [1.807, 2.05) is 0 Å². The van der Waals surface area contributed by atoms with E-state index in [-0.39, 0.29) is 11.9 Å². The number of aromatic amines is 1. The Morgan fingerprint density at radius 3 is 3.10 bits per heavy atom. The van der Waals surface area contributed by atoms with Crippen LogP contribution in [-0.2, 0) is 17.8 Å². The van der Waals surface area contributed by atoms with Crippen LogP contribution in [0.1, 0.15) is 54.4 Å². The molecule has 3 aliphatic rings. The van der Waals surface area contributed by atoms with Crippen LogP contribution in [0.2, 0.25) is 0 Å². The molecule has 0 spiro atoms. The van der Waals surface area contributed by atoms with Gasteiger partial charge in [0.25, 0.3) is 5.91 Å². The highest BCUT2D eigenvalue weighted by molar-refractivity contribution is 5.94. The molecule has 0 saturated heterocycles. The summed E-state index contributed by atoms with van der Waals surface area (Å²) in [7, 11) is 0. The van der Waals surface area contributed by atoms with Gasteiger partial charge in [-0.1, -0.05) is 6.42 Å². The van der Waals surface area contributed by atoms with Gasteiger partial charge in [0.2, 0.25) is 0 Å². The Balaban J connectivity index is 1.45. The lowest BCUT2D eigenvalue weighted by molar-refractivity contribution is 0.0890. The third-order valence-electron chi connectivity index (χ3n) is 5.70. The van der Waals surface area contributed by atoms with Crippen LogP contribution in [0.4, 0.5) is 0 Å². The minimum absolute atomic E-state index is 0.0479. The molecular weight excluding hydrogens is 266 g/mol. The minimum atomic E-state index is -0.0479. The van der Waals surface area contributed by atoms with E-state index >= 15 is 0 Å². The summed E-state index contributed by atoms with van der Waals surface area (Å²) in [6, 6.07) is 0.240. The number of carbonyl (C=O) groups is 1. The average Bonchev–Trinajstić information content (AvgIpc) is 3.21. The molecule has 21 heavy (non-hydrogen) atoms. The standard InChI is InChI=1S/C16H23N3O2/c1-9(12-7-10-2-3-11(12)6-10)17-16(20)15-13-8-21-5-4-14(13)18-19-15/h9-12H,2-8H2,1H3,(H,17,20)(H,18,19). The Kier molecular flexibility index (Phi) is 3.25. The Bertz CT molecular complexity index is 554. The molecule has 0 radical (unpaired) electrons. The van der Waals surface area contributed by atoms with Crippen molar-refractivity contribution in [2.45, 2.75) is 51.7 Å². The third-order valence-corrected chi connectivity index (χ3v) is 5.70. The molecule has 4 unspecified atom stereocenters. The number of rotatable bonds is 3. The summed E-state index contributed by atoms with van der Waals surface area (Å²) in [5.41, 5.74) is 2.53. The number of hydrogen-bond donors (Lipinski definition) is 2. The van der Waals surface area contributed by atoms with Crippen LogP contribution in [0, 0.1) is 17.8 Å². The summed E-state index contributed by atoms with van der Waals surface area (Å²) in [4.78, 5) is 12.5. The number of hydrogen-bond acceptors (Lipinski definition) is 3. The van der Waals surface area contributed by atoms with E-state index in [9.17, 15) is 4.79 Å². The molecule has 5 nitrogen and oxygen atoms in total. The number of amides is 1. The van der Waals surface area contributed by atoms with Crippen LogP contribution in [0.3, 0.4) is 0 Å². The number of carbonyl (C=O) groups excluding carboxylic acids is 1. The number of fused-ring (bicyclic) bond motifs is 3. The summed E-state index contributed by atoms with van der Waals surface area (Å²) in [5, 5.41) is 10.4. The van der Waals surface area contributed by atoms with Crippen LogP contribution in [0.15, 0.2) is 0 Å². The van der Waals surface area contributed by atoms with E-state index in [0.717, 1.165) is 29.5 Å². The minimum Gasteiger partial charge on any atom is -0.376 e. The summed E-state index contributed by atoms with van der Waals surface area (Å²) >= 11 is 0. The van der Waals surface area contributed by atoms with Crippen LogP contribution in [-0.4, -0.2) is 28.8 Å². The van der Waals surface area contributed by atoms with Gasteiger partial charge in [0.15, 0.2) is 5.69 Å². The molecule has 5 heteroatoms. The fraction of sp³-hybridized carbons (Fsp3) is 0.750. The van der Waals surface area contributed by atoms with Crippen molar-refractivity contribution in [3.05, 3.63) is 17.0 Å². The first kappa shape index (κ1) is 13.3. The van der Waals surface area contributed by atoms with Gasteiger partial charge in [0, 0.05) is 23.7 Å². The molecule has 2 heterocycles. The molecule has 1 amide bonds. The van der Waals surface area contributed by atoms with Gasteiger partial charge in [0.1, 0.15) is 0 Å². The van der Waals surface area contributed by atoms with Gasteiger partial charge >= 0.3 is 0 Å². The molecule has 1 aliphatic heterocycles. The van der Waals surface area contributed by atoms with Crippen molar-refractivity contribution in [1.29, 1.82) is 0 Å². The average molecular weight is 289 g/mol. The first-order valence-electron chi connectivity index (χ1n) is 8.17. The van der Waals surface area contributed by atoms with Crippen LogP contribution in [0.5, 0.6) is 0 Å². The zero-order chi connectivity index (χ0) is 14.4. The van der Waals surface area contributed by atoms with Gasteiger partial charge in [-0.2, -0.15) is 5.10 Å². The maximum Gasteiger partial charge on any atom is 0.272 e. The lowest BCUT2D eigenvalue weighted by Gasteiger charge is -2.28. The summed E-state index contributed by atoms with van der Waals surface area (Å²) in [6.45, 7) is 3.35. The van der Waals surface area contributed by atoms with E-state index < -0.39 is 0 Å². The van der Waals surface area contributed by atoms with Gasteiger partial charge in [-0.25, -0.2) is 0 Å². The second kappa shape index (κ2) is 5.13. The van der Waals surface area contributed by atoms with E-state index in [4.69, 9.17) is 4.74 Å². The molecule has 4 atom stereocenters. The highest BCUT2D eigenvalue weighted by atomic mass is 16.5. The van der Waals surface area contributed by atoms with Crippen molar-refractivity contribution in [3.63, 3.8) is 0 Å². The SMILES string of the molecule is CC(NC(=O)c1n[nH]c2c1COCC2)C1CC2CCC1C2. The van der Waals surface area contributed by atoms with Gasteiger partial charge in [0.05, 0.1) is 13.2 Å². The Morgan fingerprint density at radius 2 is 2.33 bits per heavy atom. The van der Waals surface area contributed by atoms with Crippen LogP contribution in [0.25, 0.3) is 0 Å². The number of ether oxygens (including phenoxy) is 1. The van der Waals surface area contributed by atoms with Gasteiger partial charge < -0.3 is 10.1 Å². The normalized spacial score (nSPS) is 32.0. The molecule has 2 saturated carbocycles. The largest absolute Gasteiger partial charge is 0.376 e. The monoisotopic (exact) mass is 289 g/mol. The number of aromatic nitrogens is 2. The maximum absolute atomic E-state index is 12.5. The fourth-order valence-corrected chi connectivity index (χ4v) is 4.59. The van der Waals surface area contributed by atoms with Crippen LogP contribution < -0.4 is 5.32 Å². The maximum atomic E-state index is 12.5. The molecule has 0 aromatic carbocycles. The van der Waals surface area contributed by atoms with E-state index in [1.54, 1.807) is 0 Å². The van der Waals surface area contributed by atoms with Crippen molar-refractivity contribution in [2.24, 2.45) is 17.8 Å². The van der Waals surface area contributed by atoms with Gasteiger partial charge in [-0.15, -0.1) is 0 Å². The molecule has 2 bridgehead atoms. The Labute approximate surface area is 124 Å². The lowest BCUT2D eigenvalue weighted by Crippen LogP contribution is -2.40. The number of nitrogens with one attached hydrogen (secondary N) is 2. The molecule has 1 aromatic rings. The van der Waals surface area contributed by atoms with Crippen molar-refractivity contribution in [1.82, 2.24) is 15.5 Å². The molecule has 1 aromatic heterocycles. The molecule has 2 aliphatic carbocycles. The van der Waals surface area contributed by atoms with Crippen molar-refractivity contribution in [3.8, 4) is 0 Å². The predicted octanol–water partition coefficient (Wildman–Crippen LogP) is 2.04. The highest BCUT2D eigenvalue weighted by Gasteiger charge is 2.42. The Hall–Kier alpha value is -1.36. The third kappa shape index (κ3) is 2.27. The summed E-state index contributed by atoms with van der Waals surface area (Å²) in [6.07, 6.45) is 6.22. The number of H-pyrrole nitrogens is 1. The highest BCUT2D eigenvalue weighted by Crippen LogP contribution is 2.49. The van der Waals surface area contributed by atoms with Crippen LogP contribution >= 0.6 is 0 Å². The topological polar surface area (TPSA) is 67.0 Å². The zero-order valence-electron chi connectivity index (χ0n) is 12.5. The second-order valence-electron chi connectivity index (χ2n) is 6.93. The predicted molar refractivity (Wildman–Crippen MR) is 77.8 cm³/mol. The first-order chi connectivity index (χ1) is 10.2. The van der Waals surface area contributed by atoms with Crippen molar-refractivity contribution >= 4 is 5.91 Å². The van der Waals surface area contributed by atoms with E-state index in [1.165, 1.54) is 25.7 Å². The van der Waals surface area contributed by atoms with Crippen molar-refractivity contribution < 1.29 is 9.53 Å². The zero-order valence-corrected chi connectivity index (χ0v) is 12.5. The van der Waals surface area contributed by atoms with E-state index in [2.05, 4.69) is 22.4 Å². The summed E-state index contributed by atoms with van der Waals surface area (Å²) in [5.74, 6) is 2.33. The molecular formula is C16H23N3O2. The molecule has 2 fully saturated rings. The molecule has 2 N–H and O–H groups in total. The number of nitrogens with zero attached hydrogens (tertiary/aromatic N) is 1. The van der Waals surface area contributed by atoms with Crippen molar-refractivity contribution in [2.75, 3.05) is 6.61 Å². The van der Waals surface area contributed by atoms with E-state index in [0.29, 0.717) is 24.8 Å². The molecule has 4 rings (SSSR count). The molecule has 114 valence electrons. The second-order valence-corrected chi connectivity index (χ2v) is 6.93. The Morgan fingerprint density at radius 1 is 1.43 bits per heavy atom. The quantitative estimate of drug-likeness (QED) is 0.895. The summed E-state index contributed by atoms with van der Waals surface area (Å²) < 4.78 is 5.45. The fourth-order valence-electron chi connectivity index (χ4n) is 4.59. The first-order valence-corrected chi connectivity index (χ1v) is 8.17. The van der Waals surface area contributed by atoms with Gasteiger partial charge in [-0.3, -0.25) is 9.89 Å². The van der Waals surface area contributed by atoms with Gasteiger partial charge in [-0.05, 0) is 43.9 Å².